The molecule has 674 valence electrons. The Bertz CT molecular complexity index is 9120. The lowest BCUT2D eigenvalue weighted by atomic mass is 9.82. The molecule has 0 aliphatic heterocycles. The van der Waals surface area contributed by atoms with Crippen molar-refractivity contribution in [3.63, 3.8) is 0 Å². The van der Waals surface area contributed by atoms with E-state index in [0.717, 1.165) is 108 Å². The number of hydrogen-bond donors (Lipinski definition) is 0. The Hall–Kier alpha value is -18.9. The van der Waals surface area contributed by atoms with Crippen molar-refractivity contribution in [1.82, 2.24) is 13.7 Å². The van der Waals surface area contributed by atoms with E-state index < -0.39 is 0 Å². The minimum atomic E-state index is 0.347. The van der Waals surface area contributed by atoms with Crippen LogP contribution in [-0.2, 0) is 0 Å². The molecule has 0 fully saturated rings. The van der Waals surface area contributed by atoms with Crippen LogP contribution in [0, 0.1) is 5.92 Å². The molecule has 26 aromatic rings. The summed E-state index contributed by atoms with van der Waals surface area (Å²) in [6.45, 7) is 0. The van der Waals surface area contributed by atoms with Gasteiger partial charge in [-0.05, 0) is 333 Å². The number of hydrogen-bond acceptors (Lipinski definition) is 3. The molecule has 23 aromatic carbocycles. The number of para-hydroxylation sites is 3. The number of anilines is 9. The predicted molar refractivity (Wildman–Crippen MR) is 611 cm³/mol. The highest BCUT2D eigenvalue weighted by Gasteiger charge is 2.29. The summed E-state index contributed by atoms with van der Waals surface area (Å²) in [5.41, 5.74) is 34.5. The zero-order valence-corrected chi connectivity index (χ0v) is 78.9. The second kappa shape index (κ2) is 34.6. The maximum Gasteiger partial charge on any atom is 0.0541 e. The lowest BCUT2D eigenvalue weighted by Crippen LogP contribution is -2.16. The number of allylic oxidation sites excluding steroid dienone is 8. The molecule has 3 aromatic heterocycles. The van der Waals surface area contributed by atoms with Crippen LogP contribution in [0.1, 0.15) is 12.0 Å². The summed E-state index contributed by atoms with van der Waals surface area (Å²) >= 11 is 0. The summed E-state index contributed by atoms with van der Waals surface area (Å²) in [5.74, 6) is 0.347. The third kappa shape index (κ3) is 14.2. The van der Waals surface area contributed by atoms with Crippen LogP contribution in [0.3, 0.4) is 0 Å². The smallest absolute Gasteiger partial charge is 0.0541 e. The van der Waals surface area contributed by atoms with Crippen LogP contribution in [0.15, 0.2) is 546 Å². The van der Waals surface area contributed by atoms with Crippen molar-refractivity contribution < 1.29 is 0 Å². The fourth-order valence-corrected chi connectivity index (χ4v) is 23.4. The Morgan fingerprint density at radius 1 is 0.181 bits per heavy atom. The molecule has 0 N–H and O–H groups in total. The van der Waals surface area contributed by atoms with Gasteiger partial charge in [0.1, 0.15) is 0 Å². The average Bonchev–Trinajstić information content (AvgIpc) is 1.59. The average molecular weight is 1830 g/mol. The summed E-state index contributed by atoms with van der Waals surface area (Å²) in [6, 6.07) is 187. The Labute approximate surface area is 834 Å². The van der Waals surface area contributed by atoms with E-state index >= 15 is 0 Å². The standard InChI is InChI=1S/C138H92N6/c1-4-40-103(41-5-1)139(106-64-70-109(71-65-106)142-133-76-58-97(121-52-22-34-91-28-10-16-46-115(91)121)82-127(133)128-83-98(59-77-134(128)142)122-53-23-35-92-29-11-17-47-116(92)122)112-88-113(140(104-42-6-2-7-43-104)107-66-72-110(73-67-107)143-135-78-60-99(123-54-24-36-93-30-12-18-48-117(93)123)84-129(135)130-85-100(61-79-136(130)143)124-55-25-37-94-31-13-19-49-118(94)124)90-114(89-112)141(105-44-8-3-9-45-105)108-68-74-111(75-69-108)144-137-80-62-101(125-56-26-38-95-32-14-20-50-119(95)125)86-131(137)132-87-102(63-81-138(132)144)126-57-27-39-96-33-15-21-51-120(96)126/h1-38,40-90,96H,39H2. The summed E-state index contributed by atoms with van der Waals surface area (Å²) < 4.78 is 7.41. The monoisotopic (exact) mass is 1830 g/mol. The van der Waals surface area contributed by atoms with Crippen LogP contribution in [0.25, 0.3) is 198 Å². The first kappa shape index (κ1) is 83.3. The van der Waals surface area contributed by atoms with Crippen molar-refractivity contribution >= 4 is 176 Å². The van der Waals surface area contributed by atoms with Gasteiger partial charge in [-0.3, -0.25) is 0 Å². The molecule has 0 saturated heterocycles. The van der Waals surface area contributed by atoms with E-state index in [4.69, 9.17) is 0 Å². The van der Waals surface area contributed by atoms with Crippen molar-refractivity contribution in [3.05, 3.63) is 551 Å². The Balaban J connectivity index is 0.625. The molecule has 6 nitrogen and oxygen atoms in total. The Kier molecular flexibility index (Phi) is 20.0. The van der Waals surface area contributed by atoms with Gasteiger partial charge in [-0.1, -0.05) is 340 Å². The van der Waals surface area contributed by atoms with Gasteiger partial charge in [0.25, 0.3) is 0 Å². The molecule has 0 saturated carbocycles. The molecule has 3 heterocycles. The maximum atomic E-state index is 2.48. The van der Waals surface area contributed by atoms with Gasteiger partial charge >= 0.3 is 0 Å². The summed E-state index contributed by atoms with van der Waals surface area (Å²) in [7, 11) is 0. The Morgan fingerprint density at radius 2 is 0.424 bits per heavy atom. The first-order valence-electron chi connectivity index (χ1n) is 49.8. The third-order valence-electron chi connectivity index (χ3n) is 30.0. The molecule has 0 amide bonds. The summed E-state index contributed by atoms with van der Waals surface area (Å²) in [4.78, 5) is 7.32. The summed E-state index contributed by atoms with van der Waals surface area (Å²) in [6.07, 6.45) is 14.7. The van der Waals surface area contributed by atoms with Crippen LogP contribution in [-0.4, -0.2) is 13.7 Å². The number of rotatable bonds is 18. The number of benzene rings is 23. The van der Waals surface area contributed by atoms with Gasteiger partial charge in [0.05, 0.1) is 50.2 Å². The van der Waals surface area contributed by atoms with Gasteiger partial charge in [0, 0.05) is 89.4 Å². The fraction of sp³-hybridized carbons (Fsp3) is 0.0145. The quantitative estimate of drug-likeness (QED) is 0.0856. The predicted octanol–water partition coefficient (Wildman–Crippen LogP) is 37.9. The molecule has 1 atom stereocenters. The number of aromatic nitrogens is 3. The molecular weight excluding hydrogens is 1740 g/mol. The third-order valence-corrected chi connectivity index (χ3v) is 30.0. The van der Waals surface area contributed by atoms with Crippen molar-refractivity contribution in [2.24, 2.45) is 5.92 Å². The van der Waals surface area contributed by atoms with Crippen molar-refractivity contribution in [1.29, 1.82) is 0 Å². The van der Waals surface area contributed by atoms with E-state index in [1.54, 1.807) is 0 Å². The van der Waals surface area contributed by atoms with Gasteiger partial charge in [0.15, 0.2) is 0 Å². The zero-order valence-electron chi connectivity index (χ0n) is 78.9. The molecule has 2 aliphatic carbocycles. The van der Waals surface area contributed by atoms with Gasteiger partial charge in [-0.2, -0.15) is 0 Å². The number of nitrogens with zero attached hydrogens (tertiary/aromatic N) is 6. The summed E-state index contributed by atoms with van der Waals surface area (Å²) in [5, 5.41) is 19.4. The van der Waals surface area contributed by atoms with Crippen molar-refractivity contribution in [2.75, 3.05) is 14.7 Å². The highest BCUT2D eigenvalue weighted by atomic mass is 15.2. The molecule has 1 unspecified atom stereocenters. The zero-order chi connectivity index (χ0) is 94.8. The van der Waals surface area contributed by atoms with Crippen LogP contribution in [0.2, 0.25) is 0 Å². The van der Waals surface area contributed by atoms with E-state index in [1.165, 1.54) is 159 Å². The largest absolute Gasteiger partial charge is 0.310 e. The second-order valence-electron chi connectivity index (χ2n) is 38.2. The van der Waals surface area contributed by atoms with E-state index in [1.807, 2.05) is 0 Å². The van der Waals surface area contributed by atoms with E-state index in [9.17, 15) is 0 Å². The minimum Gasteiger partial charge on any atom is -0.310 e. The topological polar surface area (TPSA) is 24.5 Å². The SMILES string of the molecule is C1=CC2=C(c3ccc4c(c3)c3cc(-c5cccc6ccccc56)ccc3n4-c3ccc(N(c4ccccc4)c4cc(N(c5ccccc5)c5ccc(-n6c7ccc(-c8cccc9ccccc89)cc7c7cc(-c8cccc9ccccc89)ccc76)cc5)cc(N(c5ccccc5)c5ccc(-n6c7ccc(-c8cccc9ccccc89)cc7c7cc(-c8cccc9ccccc89)ccc76)cc5)c4)cc3)C=CCC2C=C1. The van der Waals surface area contributed by atoms with Gasteiger partial charge < -0.3 is 28.4 Å². The molecule has 0 bridgehead atoms. The van der Waals surface area contributed by atoms with Gasteiger partial charge in [-0.15, -0.1) is 0 Å². The first-order chi connectivity index (χ1) is 71.4. The maximum absolute atomic E-state index is 2.48. The highest BCUT2D eigenvalue weighted by Crippen LogP contribution is 2.51. The molecule has 0 spiro atoms. The molecule has 6 heteroatoms. The number of fused-ring (bicyclic) bond motifs is 15. The van der Waals surface area contributed by atoms with Crippen LogP contribution < -0.4 is 14.7 Å². The lowest BCUT2D eigenvalue weighted by Gasteiger charge is -2.33. The van der Waals surface area contributed by atoms with Gasteiger partial charge in [-0.25, -0.2) is 0 Å². The first-order valence-corrected chi connectivity index (χ1v) is 49.8. The van der Waals surface area contributed by atoms with Gasteiger partial charge in [0.2, 0.25) is 0 Å². The molecule has 28 rings (SSSR count). The van der Waals surface area contributed by atoms with Crippen LogP contribution >= 0.6 is 0 Å². The van der Waals surface area contributed by atoms with Crippen LogP contribution in [0.5, 0.6) is 0 Å². The van der Waals surface area contributed by atoms with Crippen LogP contribution in [0.4, 0.5) is 51.2 Å². The van der Waals surface area contributed by atoms with E-state index in [0.29, 0.717) is 5.92 Å². The molecular formula is C138H92N6. The Morgan fingerprint density at radius 3 is 0.708 bits per heavy atom. The van der Waals surface area contributed by atoms with Crippen molar-refractivity contribution in [3.8, 4) is 72.7 Å². The second-order valence-corrected chi connectivity index (χ2v) is 38.2. The van der Waals surface area contributed by atoms with Crippen molar-refractivity contribution in [2.45, 2.75) is 6.42 Å². The normalized spacial score (nSPS) is 13.1. The molecule has 2 aliphatic rings. The van der Waals surface area contributed by atoms with E-state index in [-0.39, 0.29) is 0 Å². The highest BCUT2D eigenvalue weighted by molar-refractivity contribution is 6.17. The van der Waals surface area contributed by atoms with E-state index in [2.05, 4.69) is 568 Å². The molecule has 144 heavy (non-hydrogen) atoms. The fourth-order valence-electron chi connectivity index (χ4n) is 23.4. The molecule has 0 radical (unpaired) electrons. The minimum absolute atomic E-state index is 0.347. The lowest BCUT2D eigenvalue weighted by molar-refractivity contribution is 0.784.